The third-order valence-corrected chi connectivity index (χ3v) is 7.46. The number of aromatic hydroxyl groups is 1. The highest BCUT2D eigenvalue weighted by molar-refractivity contribution is 7.80. The van der Waals surface area contributed by atoms with Gasteiger partial charge in [-0.05, 0) is 92.3 Å². The fourth-order valence-electron chi connectivity index (χ4n) is 5.10. The van der Waals surface area contributed by atoms with Crippen molar-refractivity contribution in [2.24, 2.45) is 0 Å². The van der Waals surface area contributed by atoms with Crippen LogP contribution in [0.15, 0.2) is 72.9 Å². The Bertz CT molecular complexity index is 1530. The molecule has 3 heterocycles. The lowest BCUT2D eigenvalue weighted by Gasteiger charge is -2.28. The van der Waals surface area contributed by atoms with Crippen LogP contribution in [-0.2, 0) is 4.79 Å². The predicted molar refractivity (Wildman–Crippen MR) is 154 cm³/mol. The molecule has 1 amide bonds. The minimum absolute atomic E-state index is 0.114. The van der Waals surface area contributed by atoms with Gasteiger partial charge in [-0.25, -0.2) is 4.39 Å². The molecule has 1 aliphatic heterocycles. The third kappa shape index (κ3) is 5.46. The van der Waals surface area contributed by atoms with Gasteiger partial charge in [0.1, 0.15) is 11.6 Å². The summed E-state index contributed by atoms with van der Waals surface area (Å²) in [6.07, 6.45) is 1.90. The topological polar surface area (TPSA) is 82.4 Å². The Morgan fingerprint density at radius 1 is 1.15 bits per heavy atom. The quantitative estimate of drug-likeness (QED) is 0.240. The molecule has 1 fully saturated rings. The van der Waals surface area contributed by atoms with Gasteiger partial charge in [-0.2, -0.15) is 0 Å². The van der Waals surface area contributed by atoms with Crippen LogP contribution in [0.3, 0.4) is 0 Å². The third-order valence-electron chi connectivity index (χ3n) is 6.87. The van der Waals surface area contributed by atoms with Crippen LogP contribution in [0.4, 0.5) is 10.1 Å². The molecule has 2 aromatic heterocycles. The van der Waals surface area contributed by atoms with E-state index in [0.29, 0.717) is 28.1 Å². The molecular weight excluding hydrogens is 537 g/mol. The number of phenolic OH excluding ortho intramolecular Hbond substituents is 1. The van der Waals surface area contributed by atoms with E-state index in [1.165, 1.54) is 24.3 Å². The number of amides is 1. The highest BCUT2D eigenvalue weighted by Gasteiger charge is 2.41. The first-order valence-corrected chi connectivity index (χ1v) is 13.2. The number of nitrogens with one attached hydrogen (secondary N) is 2. The molecule has 0 aliphatic carbocycles. The van der Waals surface area contributed by atoms with Crippen molar-refractivity contribution >= 4 is 40.5 Å². The molecule has 4 aromatic rings. The van der Waals surface area contributed by atoms with E-state index in [-0.39, 0.29) is 36.0 Å². The summed E-state index contributed by atoms with van der Waals surface area (Å²) in [6.45, 7) is 4.30. The van der Waals surface area contributed by atoms with E-state index in [1.807, 2.05) is 41.5 Å². The minimum atomic E-state index is -0.367. The second kappa shape index (κ2) is 11.0. The van der Waals surface area contributed by atoms with Crippen LogP contribution >= 0.6 is 23.8 Å². The first-order valence-electron chi connectivity index (χ1n) is 12.4. The van der Waals surface area contributed by atoms with Crippen LogP contribution in [0.2, 0.25) is 5.02 Å². The van der Waals surface area contributed by atoms with E-state index < -0.39 is 0 Å². The van der Waals surface area contributed by atoms with Crippen molar-refractivity contribution in [3.63, 3.8) is 0 Å². The van der Waals surface area contributed by atoms with Crippen LogP contribution in [0.5, 0.6) is 5.75 Å². The number of nitrogens with zero attached hydrogens (tertiary/aromatic N) is 3. The Balaban J connectivity index is 1.48. The molecule has 39 heavy (non-hydrogen) atoms. The number of aromatic nitrogens is 2. The highest BCUT2D eigenvalue weighted by atomic mass is 35.5. The summed E-state index contributed by atoms with van der Waals surface area (Å²) in [5.41, 5.74) is 4.72. The van der Waals surface area contributed by atoms with E-state index in [1.54, 1.807) is 24.4 Å². The predicted octanol–water partition coefficient (Wildman–Crippen LogP) is 5.99. The zero-order valence-corrected chi connectivity index (χ0v) is 22.9. The van der Waals surface area contributed by atoms with Gasteiger partial charge in [0.2, 0.25) is 5.91 Å². The molecular formula is C29H27ClFN5O2S. The molecule has 3 N–H and O–H groups in total. The monoisotopic (exact) mass is 563 g/mol. The number of halogens is 2. The number of aryl methyl sites for hydroxylation is 1. The lowest BCUT2D eigenvalue weighted by Crippen LogP contribution is -2.32. The molecule has 0 saturated carbocycles. The van der Waals surface area contributed by atoms with Crippen LogP contribution in [0, 0.1) is 19.7 Å². The number of hydrogen-bond donors (Lipinski definition) is 3. The molecule has 5 rings (SSSR count). The average molecular weight is 564 g/mol. The summed E-state index contributed by atoms with van der Waals surface area (Å²) in [4.78, 5) is 19.4. The van der Waals surface area contributed by atoms with Crippen LogP contribution in [0.1, 0.15) is 41.1 Å². The fourth-order valence-corrected chi connectivity index (χ4v) is 5.60. The second-order valence-corrected chi connectivity index (χ2v) is 10.2. The zero-order valence-electron chi connectivity index (χ0n) is 21.4. The Morgan fingerprint density at radius 2 is 1.92 bits per heavy atom. The molecule has 0 radical (unpaired) electrons. The van der Waals surface area contributed by atoms with Crippen molar-refractivity contribution in [2.45, 2.75) is 32.4 Å². The number of phenols is 1. The number of carbonyl (C=O) groups excluding carboxylic acids is 1. The first kappa shape index (κ1) is 26.6. The average Bonchev–Trinajstić information content (AvgIpc) is 3.40. The number of carbonyl (C=O) groups is 1. The van der Waals surface area contributed by atoms with Gasteiger partial charge >= 0.3 is 0 Å². The Kier molecular flexibility index (Phi) is 7.54. The van der Waals surface area contributed by atoms with Crippen molar-refractivity contribution < 1.29 is 14.3 Å². The van der Waals surface area contributed by atoms with Gasteiger partial charge in [-0.15, -0.1) is 0 Å². The molecule has 0 spiro atoms. The lowest BCUT2D eigenvalue weighted by molar-refractivity contribution is -0.116. The van der Waals surface area contributed by atoms with Gasteiger partial charge in [0.15, 0.2) is 5.11 Å². The van der Waals surface area contributed by atoms with Gasteiger partial charge in [0.25, 0.3) is 0 Å². The lowest BCUT2D eigenvalue weighted by atomic mass is 9.96. The normalized spacial score (nSPS) is 16.8. The van der Waals surface area contributed by atoms with Crippen LogP contribution < -0.4 is 10.6 Å². The van der Waals surface area contributed by atoms with Crippen LogP contribution in [0.25, 0.3) is 5.69 Å². The summed E-state index contributed by atoms with van der Waals surface area (Å²) in [5, 5.41) is 17.9. The standard InChI is InChI=1S/C29H27ClFN5O2S/c1-17-15-22(18(2)36(17)24-16-19(30)6-11-25(24)37)28-27(23-5-3-4-13-32-23)34-29(39)35(28)14-12-26(38)33-21-9-7-20(31)8-10-21/h3-11,13,15-16,27-28,37H,12,14H2,1-2H3,(H,33,38)(H,34,39)/t27-,28-/m1/s1. The van der Waals surface area contributed by atoms with E-state index in [4.69, 9.17) is 23.8 Å². The van der Waals surface area contributed by atoms with Gasteiger partial charge < -0.3 is 25.2 Å². The van der Waals surface area contributed by atoms with E-state index in [0.717, 1.165) is 22.6 Å². The largest absolute Gasteiger partial charge is 0.506 e. The van der Waals surface area contributed by atoms with Crippen molar-refractivity contribution in [1.82, 2.24) is 19.8 Å². The van der Waals surface area contributed by atoms with Crippen molar-refractivity contribution in [1.29, 1.82) is 0 Å². The number of anilines is 1. The Hall–Kier alpha value is -3.95. The van der Waals surface area contributed by atoms with Gasteiger partial charge in [0, 0.05) is 41.3 Å². The molecule has 1 saturated heterocycles. The maximum atomic E-state index is 13.2. The summed E-state index contributed by atoms with van der Waals surface area (Å²) >= 11 is 12.0. The van der Waals surface area contributed by atoms with E-state index in [9.17, 15) is 14.3 Å². The molecule has 0 unspecified atom stereocenters. The first-order chi connectivity index (χ1) is 18.7. The highest BCUT2D eigenvalue weighted by Crippen LogP contribution is 2.42. The number of benzene rings is 2. The summed E-state index contributed by atoms with van der Waals surface area (Å²) in [7, 11) is 0. The molecule has 1 aliphatic rings. The molecule has 0 bridgehead atoms. The molecule has 2 aromatic carbocycles. The molecule has 7 nitrogen and oxygen atoms in total. The van der Waals surface area contributed by atoms with Crippen molar-refractivity contribution in [2.75, 3.05) is 11.9 Å². The van der Waals surface area contributed by atoms with Crippen molar-refractivity contribution in [3.8, 4) is 11.4 Å². The van der Waals surface area contributed by atoms with Gasteiger partial charge in [0.05, 0.1) is 23.5 Å². The van der Waals surface area contributed by atoms with Crippen molar-refractivity contribution in [3.05, 3.63) is 106 Å². The van der Waals surface area contributed by atoms with E-state index in [2.05, 4.69) is 21.7 Å². The number of hydrogen-bond acceptors (Lipinski definition) is 4. The summed E-state index contributed by atoms with van der Waals surface area (Å²) in [6, 6.07) is 17.9. The maximum Gasteiger partial charge on any atom is 0.226 e. The summed E-state index contributed by atoms with van der Waals surface area (Å²) < 4.78 is 15.2. The molecule has 10 heteroatoms. The Morgan fingerprint density at radius 3 is 2.64 bits per heavy atom. The second-order valence-electron chi connectivity index (χ2n) is 9.42. The number of rotatable bonds is 7. The maximum absolute atomic E-state index is 13.2. The molecule has 200 valence electrons. The van der Waals surface area contributed by atoms with Gasteiger partial charge in [-0.1, -0.05) is 17.7 Å². The van der Waals surface area contributed by atoms with E-state index >= 15 is 0 Å². The SMILES string of the molecule is Cc1cc([C@@H]2[C@@H](c3ccccn3)NC(=S)N2CCC(=O)Nc2ccc(F)cc2)c(C)n1-c1cc(Cl)ccc1O. The minimum Gasteiger partial charge on any atom is -0.506 e. The number of thiocarbonyl (C=S) groups is 1. The Labute approximate surface area is 236 Å². The van der Waals surface area contributed by atoms with Crippen LogP contribution in [-0.4, -0.2) is 37.1 Å². The fraction of sp³-hybridized carbons (Fsp3) is 0.207. The zero-order chi connectivity index (χ0) is 27.7. The van der Waals surface area contributed by atoms with Gasteiger partial charge in [-0.3, -0.25) is 9.78 Å². The molecule has 2 atom stereocenters. The number of pyridine rings is 1. The smallest absolute Gasteiger partial charge is 0.226 e. The summed E-state index contributed by atoms with van der Waals surface area (Å²) in [5.74, 6) is -0.462.